The third kappa shape index (κ3) is 13.7. The molecule has 0 spiro atoms. The molecule has 38 heavy (non-hydrogen) atoms. The minimum absolute atomic E-state index is 0. The van der Waals surface area contributed by atoms with Crippen molar-refractivity contribution in [1.29, 1.82) is 0 Å². The molecule has 5 rings (SSSR count). The van der Waals surface area contributed by atoms with Crippen molar-refractivity contribution >= 4 is 47.4 Å². The summed E-state index contributed by atoms with van der Waals surface area (Å²) in [6.07, 6.45) is 20.2. The SMILES string of the molecule is C(C=Cc1ccccc1)=Cc1ccccc1.CC(C)(C)[NH-].CC1=Cc2cc3c(cc2=[C-]1)C=CC=3.[CH3-].[CH3-].[SiH4].[Ti+4]. The standard InChI is InChI=1S/C16H14.C13H9.C4H10N.2CH3.H4Si.Ti/c1-3-9-15(10-4-1)13-7-8-14-16-11-5-2-6-12-16;1-9-5-12-7-10-3-2-4-11(10)8-13(12)6-9;1-4(2,3)5;;;;/h1-14H;2-5,7-8H,1H3;5H,1-3H3;2*1H3;1H4;/q;4*-1;;+4. The molecule has 0 aromatic heterocycles. The van der Waals surface area contributed by atoms with Crippen LogP contribution < -0.4 is 10.4 Å². The molecule has 1 N–H and O–H groups in total. The summed E-state index contributed by atoms with van der Waals surface area (Å²) >= 11 is 0. The van der Waals surface area contributed by atoms with E-state index in [1.807, 2.05) is 57.2 Å². The van der Waals surface area contributed by atoms with Gasteiger partial charge in [0.1, 0.15) is 0 Å². The van der Waals surface area contributed by atoms with Crippen molar-refractivity contribution in [1.82, 2.24) is 0 Å². The quantitative estimate of drug-likeness (QED) is 0.185. The van der Waals surface area contributed by atoms with Crippen molar-refractivity contribution < 1.29 is 21.7 Å². The first kappa shape index (κ1) is 37.4. The van der Waals surface area contributed by atoms with Crippen LogP contribution in [0.3, 0.4) is 0 Å². The first-order chi connectivity index (χ1) is 16.3. The molecular formula is C35H43NSiTi. The minimum atomic E-state index is -0.250. The zero-order chi connectivity index (χ0) is 24.4. The summed E-state index contributed by atoms with van der Waals surface area (Å²) in [5.41, 5.74) is 13.0. The van der Waals surface area contributed by atoms with Gasteiger partial charge in [-0.2, -0.15) is 11.3 Å². The van der Waals surface area contributed by atoms with Crippen LogP contribution in [0.4, 0.5) is 0 Å². The maximum Gasteiger partial charge on any atom is 4.00 e. The van der Waals surface area contributed by atoms with Crippen molar-refractivity contribution in [3.8, 4) is 0 Å². The van der Waals surface area contributed by atoms with Crippen molar-refractivity contribution in [3.05, 3.63) is 150 Å². The molecular weight excluding hydrogens is 510 g/mol. The minimum Gasteiger partial charge on any atom is -0.673 e. The first-order valence-electron chi connectivity index (χ1n) is 11.6. The Morgan fingerprint density at radius 2 is 1.24 bits per heavy atom. The van der Waals surface area contributed by atoms with Crippen LogP contribution in [0.15, 0.2) is 96.6 Å². The maximum absolute atomic E-state index is 6.94. The average molecular weight is 554 g/mol. The van der Waals surface area contributed by atoms with Crippen LogP contribution in [-0.2, 0) is 21.7 Å². The normalized spacial score (nSPS) is 11.8. The van der Waals surface area contributed by atoms with E-state index in [0.717, 1.165) is 0 Å². The molecule has 0 heterocycles. The summed E-state index contributed by atoms with van der Waals surface area (Å²) in [7, 11) is 0. The fraction of sp³-hybridized carbons (Fsp3) is 0.143. The van der Waals surface area contributed by atoms with Gasteiger partial charge in [-0.05, 0) is 27.3 Å². The van der Waals surface area contributed by atoms with Crippen LogP contribution in [0.25, 0.3) is 42.2 Å². The topological polar surface area (TPSA) is 23.8 Å². The zero-order valence-electron chi connectivity index (χ0n) is 23.0. The predicted octanol–water partition coefficient (Wildman–Crippen LogP) is 7.27. The summed E-state index contributed by atoms with van der Waals surface area (Å²) in [5, 5.41) is 2.56. The van der Waals surface area contributed by atoms with Gasteiger partial charge >= 0.3 is 21.7 Å². The first-order valence-corrected chi connectivity index (χ1v) is 11.6. The zero-order valence-corrected chi connectivity index (χ0v) is 24.6. The van der Waals surface area contributed by atoms with Crippen LogP contribution in [-0.4, -0.2) is 16.5 Å². The van der Waals surface area contributed by atoms with E-state index < -0.39 is 0 Å². The van der Waals surface area contributed by atoms with Crippen molar-refractivity contribution in [2.75, 3.05) is 0 Å². The van der Waals surface area contributed by atoms with Crippen molar-refractivity contribution in [2.45, 2.75) is 33.2 Å². The Labute approximate surface area is 251 Å². The molecule has 196 valence electrons. The number of allylic oxidation sites excluding steroid dienone is 4. The second kappa shape index (κ2) is 18.5. The summed E-state index contributed by atoms with van der Waals surface area (Å²) in [4.78, 5) is 0. The van der Waals surface area contributed by atoms with Crippen LogP contribution in [0.1, 0.15) is 49.9 Å². The Morgan fingerprint density at radius 3 is 1.71 bits per heavy atom. The molecule has 3 heteroatoms. The van der Waals surface area contributed by atoms with Gasteiger partial charge in [-0.15, -0.1) is 28.8 Å². The number of fused-ring (bicyclic) bond motifs is 2. The van der Waals surface area contributed by atoms with Crippen molar-refractivity contribution in [2.24, 2.45) is 0 Å². The van der Waals surface area contributed by atoms with E-state index in [9.17, 15) is 0 Å². The van der Waals surface area contributed by atoms with Gasteiger partial charge in [-0.25, -0.2) is 0 Å². The third-order valence-corrected chi connectivity index (χ3v) is 4.80. The van der Waals surface area contributed by atoms with Gasteiger partial charge in [0, 0.05) is 0 Å². The molecule has 3 aromatic rings. The molecule has 0 atom stereocenters. The molecule has 2 aliphatic carbocycles. The average Bonchev–Trinajstić information content (AvgIpc) is 3.40. The van der Waals surface area contributed by atoms with Gasteiger partial charge in [0.15, 0.2) is 0 Å². The fourth-order valence-corrected chi connectivity index (χ4v) is 3.37. The Hall–Kier alpha value is -2.75. The summed E-state index contributed by atoms with van der Waals surface area (Å²) < 4.78 is 0. The molecule has 2 aliphatic rings. The van der Waals surface area contributed by atoms with Gasteiger partial charge < -0.3 is 20.6 Å². The van der Waals surface area contributed by atoms with Crippen LogP contribution >= 0.6 is 0 Å². The van der Waals surface area contributed by atoms with E-state index in [1.54, 1.807) is 0 Å². The second-order valence-corrected chi connectivity index (χ2v) is 9.34. The molecule has 0 saturated carbocycles. The van der Waals surface area contributed by atoms with E-state index in [0.29, 0.717) is 0 Å². The molecule has 0 amide bonds. The summed E-state index contributed by atoms with van der Waals surface area (Å²) in [5.74, 6) is 0. The molecule has 0 fully saturated rings. The van der Waals surface area contributed by atoms with E-state index >= 15 is 0 Å². The number of benzene rings is 3. The van der Waals surface area contributed by atoms with Crippen molar-refractivity contribution in [3.63, 3.8) is 0 Å². The molecule has 3 aromatic carbocycles. The number of nitrogens with one attached hydrogen (secondary N) is 1. The Bertz CT molecular complexity index is 1270. The predicted molar refractivity (Wildman–Crippen MR) is 175 cm³/mol. The largest absolute Gasteiger partial charge is 4.00 e. The summed E-state index contributed by atoms with van der Waals surface area (Å²) in [6.45, 7) is 7.65. The smallest absolute Gasteiger partial charge is 0.673 e. The number of hydrogen-bond acceptors (Lipinski definition) is 0. The monoisotopic (exact) mass is 553 g/mol. The Balaban J connectivity index is 0. The molecule has 0 saturated heterocycles. The molecule has 0 radical (unpaired) electrons. The Kier molecular flexibility index (Phi) is 18.2. The molecule has 0 bridgehead atoms. The second-order valence-electron chi connectivity index (χ2n) is 9.34. The van der Waals surface area contributed by atoms with Gasteiger partial charge in [-0.3, -0.25) is 0 Å². The fourth-order valence-electron chi connectivity index (χ4n) is 3.37. The molecule has 0 aliphatic heterocycles. The Morgan fingerprint density at radius 1 is 0.763 bits per heavy atom. The molecule has 0 unspecified atom stereocenters. The molecule has 1 nitrogen and oxygen atoms in total. The number of rotatable bonds is 3. The number of hydrogen-bond donors (Lipinski definition) is 0. The van der Waals surface area contributed by atoms with Crippen LogP contribution in [0, 0.1) is 14.9 Å². The van der Waals surface area contributed by atoms with Gasteiger partial charge in [0.2, 0.25) is 0 Å². The van der Waals surface area contributed by atoms with E-state index in [-0.39, 0.29) is 53.1 Å². The van der Waals surface area contributed by atoms with Gasteiger partial charge in [0.25, 0.3) is 0 Å². The van der Waals surface area contributed by atoms with E-state index in [4.69, 9.17) is 5.73 Å². The van der Waals surface area contributed by atoms with Gasteiger partial charge in [-0.1, -0.05) is 143 Å². The van der Waals surface area contributed by atoms with Gasteiger partial charge in [0.05, 0.1) is 0 Å². The van der Waals surface area contributed by atoms with E-state index in [2.05, 4.69) is 98.0 Å². The van der Waals surface area contributed by atoms with Crippen LogP contribution in [0.2, 0.25) is 0 Å². The van der Waals surface area contributed by atoms with E-state index in [1.165, 1.54) is 38.3 Å². The third-order valence-electron chi connectivity index (χ3n) is 4.80. The van der Waals surface area contributed by atoms with Crippen LogP contribution in [0.5, 0.6) is 0 Å². The maximum atomic E-state index is 6.94. The summed E-state index contributed by atoms with van der Waals surface area (Å²) in [6, 6.07) is 25.0.